The van der Waals surface area contributed by atoms with E-state index in [1.54, 1.807) is 0 Å². The number of aromatic amines is 1. The predicted molar refractivity (Wildman–Crippen MR) is 73.1 cm³/mol. The first-order valence-electron chi connectivity index (χ1n) is 6.03. The molecule has 1 N–H and O–H groups in total. The van der Waals surface area contributed by atoms with Crippen molar-refractivity contribution in [2.75, 3.05) is 0 Å². The van der Waals surface area contributed by atoms with E-state index >= 15 is 0 Å². The third-order valence-electron chi connectivity index (χ3n) is 3.42. The molecule has 1 aliphatic carbocycles. The maximum absolute atomic E-state index is 11.7. The van der Waals surface area contributed by atoms with E-state index in [1.807, 2.05) is 12.1 Å². The summed E-state index contributed by atoms with van der Waals surface area (Å²) in [7, 11) is 0. The molecule has 98 valence electrons. The Labute approximate surface area is 115 Å². The van der Waals surface area contributed by atoms with Gasteiger partial charge in [0.25, 0.3) is 5.88 Å². The highest BCUT2D eigenvalue weighted by atomic mass is 35.5. The smallest absolute Gasteiger partial charge is 0.285 e. The van der Waals surface area contributed by atoms with Gasteiger partial charge in [-0.15, -0.1) is 5.10 Å². The van der Waals surface area contributed by atoms with E-state index in [1.165, 1.54) is 11.6 Å². The number of halogens is 1. The Kier molecular flexibility index (Phi) is 2.64. The Hall–Kier alpha value is -1.81. The van der Waals surface area contributed by atoms with Crippen molar-refractivity contribution in [2.45, 2.75) is 25.7 Å². The van der Waals surface area contributed by atoms with Gasteiger partial charge in [-0.3, -0.25) is 9.89 Å². The molecule has 0 fully saturated rings. The summed E-state index contributed by atoms with van der Waals surface area (Å²) in [6.07, 6.45) is 0.935. The molecule has 0 aliphatic heterocycles. The van der Waals surface area contributed by atoms with Gasteiger partial charge in [-0.2, -0.15) is 0 Å². The van der Waals surface area contributed by atoms with Gasteiger partial charge >= 0.3 is 0 Å². The van der Waals surface area contributed by atoms with Gasteiger partial charge in [-0.05, 0) is 29.0 Å². The van der Waals surface area contributed by atoms with Crippen LogP contribution in [-0.2, 0) is 11.8 Å². The van der Waals surface area contributed by atoms with E-state index in [0.717, 1.165) is 12.0 Å². The minimum Gasteiger partial charge on any atom is -0.434 e. The lowest BCUT2D eigenvalue weighted by Crippen LogP contribution is -2.32. The second-order valence-corrected chi connectivity index (χ2v) is 5.74. The fourth-order valence-electron chi connectivity index (χ4n) is 2.45. The van der Waals surface area contributed by atoms with Crippen LogP contribution in [0.1, 0.15) is 25.0 Å². The Bertz CT molecular complexity index is 707. The van der Waals surface area contributed by atoms with E-state index in [9.17, 15) is 4.79 Å². The third-order valence-corrected chi connectivity index (χ3v) is 3.61. The summed E-state index contributed by atoms with van der Waals surface area (Å²) >= 11 is 5.65. The molecular formula is C14H13ClN2O2. The number of hydrogen-bond donors (Lipinski definition) is 1. The molecule has 1 aliphatic rings. The van der Waals surface area contributed by atoms with Crippen molar-refractivity contribution in [1.29, 1.82) is 0 Å². The van der Waals surface area contributed by atoms with Crippen LogP contribution < -0.4 is 10.2 Å². The van der Waals surface area contributed by atoms with Crippen molar-refractivity contribution >= 4 is 11.6 Å². The van der Waals surface area contributed by atoms with Gasteiger partial charge in [-0.25, -0.2) is 0 Å². The summed E-state index contributed by atoms with van der Waals surface area (Å²) in [4.78, 5) is 11.7. The molecule has 19 heavy (non-hydrogen) atoms. The molecule has 0 saturated heterocycles. The molecule has 0 atom stereocenters. The number of rotatable bonds is 2. The van der Waals surface area contributed by atoms with Gasteiger partial charge in [0.2, 0.25) is 5.43 Å². The molecule has 4 nitrogen and oxygen atoms in total. The number of H-pyrrole nitrogens is 1. The van der Waals surface area contributed by atoms with Crippen LogP contribution in [0.15, 0.2) is 29.1 Å². The number of nitrogens with zero attached hydrogens (tertiary/aromatic N) is 1. The van der Waals surface area contributed by atoms with E-state index in [0.29, 0.717) is 5.75 Å². The molecule has 1 heterocycles. The fraction of sp³-hybridized carbons (Fsp3) is 0.286. The van der Waals surface area contributed by atoms with Crippen LogP contribution in [0.25, 0.3) is 0 Å². The fourth-order valence-corrected chi connectivity index (χ4v) is 2.60. The first-order chi connectivity index (χ1) is 8.97. The summed E-state index contributed by atoms with van der Waals surface area (Å²) in [5, 5.41) is 6.53. The number of aromatic nitrogens is 2. The van der Waals surface area contributed by atoms with Crippen LogP contribution in [0.3, 0.4) is 0 Å². The second kappa shape index (κ2) is 4.10. The lowest BCUT2D eigenvalue weighted by atomic mass is 9.66. The Morgan fingerprint density at radius 1 is 1.42 bits per heavy atom. The van der Waals surface area contributed by atoms with Crippen LogP contribution in [0, 0.1) is 0 Å². The summed E-state index contributed by atoms with van der Waals surface area (Å²) in [6, 6.07) is 7.12. The zero-order valence-corrected chi connectivity index (χ0v) is 11.4. The van der Waals surface area contributed by atoms with Gasteiger partial charge in [0, 0.05) is 6.07 Å². The van der Waals surface area contributed by atoms with E-state index in [-0.39, 0.29) is 21.9 Å². The van der Waals surface area contributed by atoms with Crippen molar-refractivity contribution in [3.63, 3.8) is 0 Å². The van der Waals surface area contributed by atoms with Gasteiger partial charge < -0.3 is 4.74 Å². The summed E-state index contributed by atoms with van der Waals surface area (Å²) < 4.78 is 5.61. The monoisotopic (exact) mass is 276 g/mol. The van der Waals surface area contributed by atoms with Gasteiger partial charge in [0.15, 0.2) is 0 Å². The standard InChI is InChI=1S/C14H13ClN2O2/c1-14(2)7-8-9(14)4-3-5-11(8)19-13-10(18)6-12(15)16-17-13/h3-6H,7H2,1-2H3,(H,16,18). The number of benzene rings is 1. The summed E-state index contributed by atoms with van der Waals surface area (Å²) in [5.41, 5.74) is 2.24. The third kappa shape index (κ3) is 2.02. The largest absolute Gasteiger partial charge is 0.434 e. The zero-order valence-electron chi connectivity index (χ0n) is 10.7. The van der Waals surface area contributed by atoms with Crippen LogP contribution in [0.5, 0.6) is 11.6 Å². The molecule has 1 aromatic heterocycles. The average Bonchev–Trinajstić information content (AvgIpc) is 2.33. The highest BCUT2D eigenvalue weighted by Crippen LogP contribution is 2.45. The van der Waals surface area contributed by atoms with Crippen molar-refractivity contribution in [3.8, 4) is 11.6 Å². The molecule has 2 aromatic rings. The molecule has 5 heteroatoms. The maximum atomic E-state index is 11.7. The van der Waals surface area contributed by atoms with Crippen LogP contribution >= 0.6 is 11.6 Å². The van der Waals surface area contributed by atoms with Crippen molar-refractivity contribution < 1.29 is 4.74 Å². The Morgan fingerprint density at radius 2 is 2.21 bits per heavy atom. The van der Waals surface area contributed by atoms with Crippen molar-refractivity contribution in [1.82, 2.24) is 10.2 Å². The molecule has 0 radical (unpaired) electrons. The highest BCUT2D eigenvalue weighted by Gasteiger charge is 2.36. The van der Waals surface area contributed by atoms with Crippen LogP contribution in [0.4, 0.5) is 0 Å². The number of fused-ring (bicyclic) bond motifs is 1. The lowest BCUT2D eigenvalue weighted by Gasteiger charge is -2.38. The first kappa shape index (κ1) is 12.2. The van der Waals surface area contributed by atoms with Gasteiger partial charge in [-0.1, -0.05) is 37.6 Å². The Balaban J connectivity index is 1.97. The minimum absolute atomic E-state index is 0.0162. The van der Waals surface area contributed by atoms with Crippen molar-refractivity contribution in [3.05, 3.63) is 50.8 Å². The van der Waals surface area contributed by atoms with E-state index < -0.39 is 0 Å². The normalized spacial score (nSPS) is 15.5. The minimum atomic E-state index is -0.333. The van der Waals surface area contributed by atoms with Gasteiger partial charge in [0.05, 0.1) is 0 Å². The molecule has 0 saturated carbocycles. The van der Waals surface area contributed by atoms with Gasteiger partial charge in [0.1, 0.15) is 10.9 Å². The molecule has 3 rings (SSSR count). The number of ether oxygens (including phenoxy) is 1. The molecule has 1 aromatic carbocycles. The molecule has 0 unspecified atom stereocenters. The summed E-state index contributed by atoms with van der Waals surface area (Å²) in [5.74, 6) is 0.708. The van der Waals surface area contributed by atoms with Crippen molar-refractivity contribution in [2.24, 2.45) is 0 Å². The Morgan fingerprint density at radius 3 is 2.89 bits per heavy atom. The average molecular weight is 277 g/mol. The predicted octanol–water partition coefficient (Wildman–Crippen LogP) is 3.05. The number of hydrogen-bond acceptors (Lipinski definition) is 3. The van der Waals surface area contributed by atoms with E-state index in [2.05, 4.69) is 30.1 Å². The highest BCUT2D eigenvalue weighted by molar-refractivity contribution is 6.29. The molecule has 0 spiro atoms. The summed E-state index contributed by atoms with van der Waals surface area (Å²) in [6.45, 7) is 4.37. The first-order valence-corrected chi connectivity index (χ1v) is 6.41. The SMILES string of the molecule is CC1(C)Cc2c(Oc3n[nH]c(Cl)cc3=O)cccc21. The van der Waals surface area contributed by atoms with Crippen LogP contribution in [0.2, 0.25) is 5.15 Å². The second-order valence-electron chi connectivity index (χ2n) is 5.33. The topological polar surface area (TPSA) is 55.0 Å². The van der Waals surface area contributed by atoms with E-state index in [4.69, 9.17) is 16.3 Å². The van der Waals surface area contributed by atoms with Crippen LogP contribution in [-0.4, -0.2) is 10.2 Å². The maximum Gasteiger partial charge on any atom is 0.285 e. The molecule has 0 bridgehead atoms. The molecular weight excluding hydrogens is 264 g/mol. The lowest BCUT2D eigenvalue weighted by molar-refractivity contribution is 0.400. The quantitative estimate of drug-likeness (QED) is 0.917. The molecule has 0 amide bonds. The number of nitrogens with one attached hydrogen (secondary N) is 1. The zero-order chi connectivity index (χ0) is 13.6.